The number of benzene rings is 1. The van der Waals surface area contributed by atoms with Gasteiger partial charge < -0.3 is 4.74 Å². The molecule has 0 aliphatic carbocycles. The van der Waals surface area contributed by atoms with Crippen molar-refractivity contribution >= 4 is 33.4 Å². The summed E-state index contributed by atoms with van der Waals surface area (Å²) < 4.78 is 5.54. The summed E-state index contributed by atoms with van der Waals surface area (Å²) in [6.07, 6.45) is 4.09. The molecule has 0 spiro atoms. The molecule has 2 aromatic rings. The highest BCUT2D eigenvalue weighted by Gasteiger charge is 2.13. The molecule has 0 atom stereocenters. The van der Waals surface area contributed by atoms with Crippen LogP contribution in [0, 0.1) is 12.3 Å². The molecule has 2 rings (SSSR count). The van der Waals surface area contributed by atoms with Crippen molar-refractivity contribution in [2.75, 3.05) is 6.61 Å². The lowest BCUT2D eigenvalue weighted by Crippen LogP contribution is -2.30. The monoisotopic (exact) mass is 259 g/mol. The number of carbonyl (C=O) groups is 2. The van der Waals surface area contributed by atoms with Gasteiger partial charge in [-0.05, 0) is 17.5 Å². The van der Waals surface area contributed by atoms with Crippen LogP contribution in [0.2, 0.25) is 0 Å². The minimum absolute atomic E-state index is 0.161. The standard InChI is InChI=1S/C13H9NO3S/c1-2-7-17-13(16)14-12(15)11-8-9-5-3-4-6-10(9)18-11/h1,3-6,8H,7H2,(H,14,15,16). The van der Waals surface area contributed by atoms with Gasteiger partial charge in [-0.2, -0.15) is 0 Å². The Bertz CT molecular complexity index is 606. The molecule has 0 fully saturated rings. The molecule has 1 N–H and O–H groups in total. The minimum atomic E-state index is -0.838. The summed E-state index contributed by atoms with van der Waals surface area (Å²) in [6.45, 7) is -0.161. The first kappa shape index (κ1) is 12.1. The maximum Gasteiger partial charge on any atom is 0.415 e. The number of carbonyl (C=O) groups excluding carboxylic acids is 2. The van der Waals surface area contributed by atoms with Gasteiger partial charge in [-0.15, -0.1) is 17.8 Å². The van der Waals surface area contributed by atoms with Crippen LogP contribution >= 0.6 is 11.3 Å². The zero-order chi connectivity index (χ0) is 13.0. The van der Waals surface area contributed by atoms with Gasteiger partial charge in [0.1, 0.15) is 0 Å². The van der Waals surface area contributed by atoms with Gasteiger partial charge in [0.25, 0.3) is 5.91 Å². The molecule has 0 bridgehead atoms. The maximum atomic E-state index is 11.7. The third kappa shape index (κ3) is 2.67. The molecule has 2 amide bonds. The first-order valence-electron chi connectivity index (χ1n) is 5.11. The number of rotatable bonds is 2. The highest BCUT2D eigenvalue weighted by molar-refractivity contribution is 7.20. The van der Waals surface area contributed by atoms with Crippen molar-refractivity contribution in [2.45, 2.75) is 0 Å². The Kier molecular flexibility index (Phi) is 3.60. The molecule has 1 aromatic carbocycles. The Morgan fingerprint density at radius 1 is 1.39 bits per heavy atom. The quantitative estimate of drug-likeness (QED) is 0.842. The SMILES string of the molecule is C#CCOC(=O)NC(=O)c1cc2ccccc2s1. The average molecular weight is 259 g/mol. The van der Waals surface area contributed by atoms with Gasteiger partial charge in [-0.25, -0.2) is 4.79 Å². The molecule has 0 aliphatic heterocycles. The number of hydrogen-bond acceptors (Lipinski definition) is 4. The van der Waals surface area contributed by atoms with E-state index in [2.05, 4.69) is 16.0 Å². The molecule has 1 aromatic heterocycles. The van der Waals surface area contributed by atoms with Gasteiger partial charge in [-0.3, -0.25) is 10.1 Å². The lowest BCUT2D eigenvalue weighted by Gasteiger charge is -2.00. The van der Waals surface area contributed by atoms with E-state index >= 15 is 0 Å². The van der Waals surface area contributed by atoms with Crippen molar-refractivity contribution in [3.63, 3.8) is 0 Å². The van der Waals surface area contributed by atoms with Crippen LogP contribution in [0.3, 0.4) is 0 Å². The fraction of sp³-hybridized carbons (Fsp3) is 0.0769. The summed E-state index contributed by atoms with van der Waals surface area (Å²) in [4.78, 5) is 23.3. The Balaban J connectivity index is 2.09. The van der Waals surface area contributed by atoms with E-state index in [0.29, 0.717) is 4.88 Å². The van der Waals surface area contributed by atoms with E-state index in [4.69, 9.17) is 6.42 Å². The Hall–Kier alpha value is -2.32. The van der Waals surface area contributed by atoms with Gasteiger partial charge in [0.2, 0.25) is 0 Å². The zero-order valence-electron chi connectivity index (χ0n) is 9.30. The fourth-order valence-electron chi connectivity index (χ4n) is 1.39. The highest BCUT2D eigenvalue weighted by Crippen LogP contribution is 2.24. The molecule has 18 heavy (non-hydrogen) atoms. The first-order valence-corrected chi connectivity index (χ1v) is 5.92. The van der Waals surface area contributed by atoms with Crippen LogP contribution in [0.5, 0.6) is 0 Å². The highest BCUT2D eigenvalue weighted by atomic mass is 32.1. The summed E-state index contributed by atoms with van der Waals surface area (Å²) in [5.41, 5.74) is 0. The average Bonchev–Trinajstić information content (AvgIpc) is 2.80. The topological polar surface area (TPSA) is 55.4 Å². The van der Waals surface area contributed by atoms with Gasteiger partial charge in [0, 0.05) is 4.70 Å². The summed E-state index contributed by atoms with van der Waals surface area (Å²) in [7, 11) is 0. The lowest BCUT2D eigenvalue weighted by molar-refractivity contribution is 0.0934. The molecule has 4 nitrogen and oxygen atoms in total. The molecule has 5 heteroatoms. The number of ether oxygens (including phenoxy) is 1. The van der Waals surface area contributed by atoms with Crippen LogP contribution in [-0.4, -0.2) is 18.6 Å². The summed E-state index contributed by atoms with van der Waals surface area (Å²) in [5, 5.41) is 3.07. The molecule has 0 unspecified atom stereocenters. The Morgan fingerprint density at radius 2 is 2.17 bits per heavy atom. The number of imide groups is 1. The predicted octanol–water partition coefficient (Wildman–Crippen LogP) is 2.40. The molecule has 1 heterocycles. The second-order valence-electron chi connectivity index (χ2n) is 3.38. The maximum absolute atomic E-state index is 11.7. The number of amides is 2. The number of fused-ring (bicyclic) bond motifs is 1. The molecule has 0 saturated heterocycles. The number of alkyl carbamates (subject to hydrolysis) is 1. The largest absolute Gasteiger partial charge is 0.436 e. The van der Waals surface area contributed by atoms with E-state index in [1.165, 1.54) is 11.3 Å². The summed E-state index contributed by atoms with van der Waals surface area (Å²) in [5.74, 6) is 1.65. The van der Waals surface area contributed by atoms with Crippen LogP contribution in [0.1, 0.15) is 9.67 Å². The van der Waals surface area contributed by atoms with Crippen LogP contribution in [0.15, 0.2) is 30.3 Å². The number of thiophene rings is 1. The van der Waals surface area contributed by atoms with E-state index in [-0.39, 0.29) is 6.61 Å². The van der Waals surface area contributed by atoms with Gasteiger partial charge >= 0.3 is 6.09 Å². The van der Waals surface area contributed by atoms with E-state index in [0.717, 1.165) is 10.1 Å². The van der Waals surface area contributed by atoms with E-state index in [9.17, 15) is 9.59 Å². The number of nitrogens with one attached hydrogen (secondary N) is 1. The van der Waals surface area contributed by atoms with Gasteiger partial charge in [0.05, 0.1) is 4.88 Å². The molecular formula is C13H9NO3S. The second-order valence-corrected chi connectivity index (χ2v) is 4.47. The normalized spacial score (nSPS) is 9.72. The fourth-order valence-corrected chi connectivity index (χ4v) is 2.35. The zero-order valence-corrected chi connectivity index (χ0v) is 10.1. The summed E-state index contributed by atoms with van der Waals surface area (Å²) in [6, 6.07) is 9.32. The van der Waals surface area contributed by atoms with E-state index < -0.39 is 12.0 Å². The third-order valence-corrected chi connectivity index (χ3v) is 3.27. The van der Waals surface area contributed by atoms with Crippen molar-refractivity contribution < 1.29 is 14.3 Å². The number of terminal acetylenes is 1. The van der Waals surface area contributed by atoms with Gasteiger partial charge in [0.15, 0.2) is 6.61 Å². The molecule has 0 radical (unpaired) electrons. The van der Waals surface area contributed by atoms with Crippen molar-refractivity contribution in [1.82, 2.24) is 5.32 Å². The van der Waals surface area contributed by atoms with Crippen molar-refractivity contribution in [1.29, 1.82) is 0 Å². The smallest absolute Gasteiger partial charge is 0.415 e. The van der Waals surface area contributed by atoms with Crippen LogP contribution in [0.25, 0.3) is 10.1 Å². The molecule has 0 aliphatic rings. The lowest BCUT2D eigenvalue weighted by atomic mass is 10.2. The number of hydrogen-bond donors (Lipinski definition) is 1. The minimum Gasteiger partial charge on any atom is -0.436 e. The Labute approximate surface area is 108 Å². The molecular weight excluding hydrogens is 250 g/mol. The van der Waals surface area contributed by atoms with Crippen LogP contribution < -0.4 is 5.32 Å². The first-order chi connectivity index (χ1) is 8.70. The predicted molar refractivity (Wildman–Crippen MR) is 69.5 cm³/mol. The Morgan fingerprint density at radius 3 is 2.89 bits per heavy atom. The summed E-state index contributed by atoms with van der Waals surface area (Å²) >= 11 is 1.31. The van der Waals surface area contributed by atoms with E-state index in [1.807, 2.05) is 24.3 Å². The van der Waals surface area contributed by atoms with Crippen molar-refractivity contribution in [3.8, 4) is 12.3 Å². The van der Waals surface area contributed by atoms with Gasteiger partial charge in [-0.1, -0.05) is 24.1 Å². The van der Waals surface area contributed by atoms with Crippen molar-refractivity contribution in [2.24, 2.45) is 0 Å². The van der Waals surface area contributed by atoms with Crippen LogP contribution in [0.4, 0.5) is 4.79 Å². The van der Waals surface area contributed by atoms with E-state index in [1.54, 1.807) is 6.07 Å². The third-order valence-electron chi connectivity index (χ3n) is 2.15. The van der Waals surface area contributed by atoms with Crippen molar-refractivity contribution in [3.05, 3.63) is 35.2 Å². The molecule has 0 saturated carbocycles. The van der Waals surface area contributed by atoms with Crippen LogP contribution in [-0.2, 0) is 4.74 Å². The second kappa shape index (κ2) is 5.34. The molecule has 90 valence electrons.